The molecule has 0 aromatic rings. The number of aliphatic hydroxyl groups is 1. The van der Waals surface area contributed by atoms with Gasteiger partial charge in [-0.3, -0.25) is 4.79 Å². The molecule has 0 radical (unpaired) electrons. The summed E-state index contributed by atoms with van der Waals surface area (Å²) >= 11 is 0. The van der Waals surface area contributed by atoms with Crippen molar-refractivity contribution in [1.82, 2.24) is 5.32 Å². The smallest absolute Gasteiger partial charge is 0.407 e. The van der Waals surface area contributed by atoms with E-state index in [1.54, 1.807) is 0 Å². The van der Waals surface area contributed by atoms with Crippen molar-refractivity contribution in [1.29, 1.82) is 0 Å². The number of aliphatic carboxylic acids is 1. The van der Waals surface area contributed by atoms with Gasteiger partial charge < -0.3 is 29.7 Å². The van der Waals surface area contributed by atoms with Crippen LogP contribution in [0.25, 0.3) is 0 Å². The molecule has 0 aliphatic carbocycles. The molecule has 0 fully saturated rings. The number of aliphatic hydroxyl groups excluding tert-OH is 1. The van der Waals surface area contributed by atoms with E-state index < -0.39 is 24.5 Å². The number of carboxylic acid groups (broad SMARTS) is 1. The maximum atomic E-state index is 11.3. The number of carbonyl (C=O) groups is 2. The summed E-state index contributed by atoms with van der Waals surface area (Å²) in [6.45, 7) is 5.34. The highest BCUT2D eigenvalue weighted by molar-refractivity contribution is 5.70. The van der Waals surface area contributed by atoms with Crippen molar-refractivity contribution in [2.24, 2.45) is 5.41 Å². The topological polar surface area (TPSA) is 114 Å². The fourth-order valence-corrected chi connectivity index (χ4v) is 1.33. The van der Waals surface area contributed by atoms with Gasteiger partial charge in [-0.25, -0.2) is 4.79 Å². The van der Waals surface area contributed by atoms with Crippen molar-refractivity contribution in [3.05, 3.63) is 0 Å². The third kappa shape index (κ3) is 9.22. The Balaban J connectivity index is 4.14. The van der Waals surface area contributed by atoms with E-state index in [1.165, 1.54) is 7.11 Å². The number of carboxylic acids is 1. The summed E-state index contributed by atoms with van der Waals surface area (Å²) in [4.78, 5) is 21.6. The Morgan fingerprint density at radius 2 is 1.90 bits per heavy atom. The Labute approximate surface area is 124 Å². The summed E-state index contributed by atoms with van der Waals surface area (Å²) in [5, 5.41) is 20.0. The molecule has 8 nitrogen and oxygen atoms in total. The van der Waals surface area contributed by atoms with Gasteiger partial charge in [0, 0.05) is 13.7 Å². The van der Waals surface area contributed by atoms with Crippen molar-refractivity contribution in [3.63, 3.8) is 0 Å². The molecule has 124 valence electrons. The first-order valence-corrected chi connectivity index (χ1v) is 6.62. The summed E-state index contributed by atoms with van der Waals surface area (Å²) in [5.74, 6) is -1.01. The minimum atomic E-state index is -1.01. The standard InChI is InChI=1S/C13H25NO7/c1-13(2,3)9(7-15)21-11(19-4)8-20-12(18)14-6-5-10(16)17/h9,11,15H,5-8H2,1-4H3,(H,14,18)(H,16,17). The van der Waals surface area contributed by atoms with E-state index in [4.69, 9.17) is 19.3 Å². The molecule has 2 atom stereocenters. The summed E-state index contributed by atoms with van der Waals surface area (Å²) in [6.07, 6.45) is -2.22. The number of rotatable bonds is 9. The zero-order valence-electron chi connectivity index (χ0n) is 12.9. The molecule has 2 unspecified atom stereocenters. The van der Waals surface area contributed by atoms with Gasteiger partial charge in [0.2, 0.25) is 0 Å². The summed E-state index contributed by atoms with van der Waals surface area (Å²) in [5.41, 5.74) is -0.296. The number of alkyl carbamates (subject to hydrolysis) is 1. The summed E-state index contributed by atoms with van der Waals surface area (Å²) < 4.78 is 15.4. The lowest BCUT2D eigenvalue weighted by molar-refractivity contribution is -0.203. The Morgan fingerprint density at radius 1 is 1.29 bits per heavy atom. The van der Waals surface area contributed by atoms with Crippen LogP contribution in [0.1, 0.15) is 27.2 Å². The van der Waals surface area contributed by atoms with Crippen LogP contribution < -0.4 is 5.32 Å². The molecule has 0 bridgehead atoms. The SMILES string of the molecule is COC(COC(=O)NCCC(=O)O)OC(CO)C(C)(C)C. The number of carbonyl (C=O) groups excluding carboxylic acids is 1. The fourth-order valence-electron chi connectivity index (χ4n) is 1.33. The molecule has 0 aliphatic rings. The van der Waals surface area contributed by atoms with Crippen molar-refractivity contribution < 1.29 is 34.0 Å². The second-order valence-corrected chi connectivity index (χ2v) is 5.51. The molecule has 3 N–H and O–H groups in total. The highest BCUT2D eigenvalue weighted by Gasteiger charge is 2.28. The van der Waals surface area contributed by atoms with Crippen molar-refractivity contribution in [2.45, 2.75) is 39.6 Å². The molecule has 0 spiro atoms. The van der Waals surface area contributed by atoms with Crippen LogP contribution in [0.4, 0.5) is 4.79 Å². The summed E-state index contributed by atoms with van der Waals surface area (Å²) in [6, 6.07) is 0. The van der Waals surface area contributed by atoms with Crippen molar-refractivity contribution in [3.8, 4) is 0 Å². The minimum absolute atomic E-state index is 0.0199. The molecule has 8 heteroatoms. The lowest BCUT2D eigenvalue weighted by Gasteiger charge is -2.31. The highest BCUT2D eigenvalue weighted by Crippen LogP contribution is 2.23. The maximum absolute atomic E-state index is 11.3. The Hall–Kier alpha value is -1.38. The van der Waals surface area contributed by atoms with Crippen LogP contribution in [0.3, 0.4) is 0 Å². The van der Waals surface area contributed by atoms with Crippen LogP contribution in [-0.2, 0) is 19.0 Å². The maximum Gasteiger partial charge on any atom is 0.407 e. The zero-order chi connectivity index (χ0) is 16.5. The van der Waals surface area contributed by atoms with Crippen LogP contribution in [0.5, 0.6) is 0 Å². The van der Waals surface area contributed by atoms with E-state index in [0.29, 0.717) is 0 Å². The van der Waals surface area contributed by atoms with Crippen LogP contribution in [0, 0.1) is 5.41 Å². The van der Waals surface area contributed by atoms with Gasteiger partial charge in [0.25, 0.3) is 0 Å². The minimum Gasteiger partial charge on any atom is -0.481 e. The van der Waals surface area contributed by atoms with Gasteiger partial charge in [-0.1, -0.05) is 20.8 Å². The number of hydrogen-bond acceptors (Lipinski definition) is 6. The fraction of sp³-hybridized carbons (Fsp3) is 0.846. The zero-order valence-corrected chi connectivity index (χ0v) is 12.9. The molecule has 0 aliphatic heterocycles. The molecule has 0 saturated carbocycles. The molecule has 0 saturated heterocycles. The van der Waals surface area contributed by atoms with Crippen LogP contribution >= 0.6 is 0 Å². The third-order valence-electron chi connectivity index (χ3n) is 2.67. The lowest BCUT2D eigenvalue weighted by Crippen LogP contribution is -2.39. The van der Waals surface area contributed by atoms with Crippen molar-refractivity contribution in [2.75, 3.05) is 26.9 Å². The van der Waals surface area contributed by atoms with E-state index in [9.17, 15) is 14.7 Å². The van der Waals surface area contributed by atoms with Gasteiger partial charge in [-0.05, 0) is 5.41 Å². The second-order valence-electron chi connectivity index (χ2n) is 5.51. The quantitative estimate of drug-likeness (QED) is 0.534. The van der Waals surface area contributed by atoms with Crippen LogP contribution in [0.15, 0.2) is 0 Å². The van der Waals surface area contributed by atoms with Gasteiger partial charge >= 0.3 is 12.1 Å². The first-order valence-electron chi connectivity index (χ1n) is 6.62. The van der Waals surface area contributed by atoms with E-state index >= 15 is 0 Å². The number of amides is 1. The van der Waals surface area contributed by atoms with Gasteiger partial charge in [-0.15, -0.1) is 0 Å². The Morgan fingerprint density at radius 3 is 2.33 bits per heavy atom. The van der Waals surface area contributed by atoms with E-state index in [1.807, 2.05) is 20.8 Å². The molecule has 0 heterocycles. The monoisotopic (exact) mass is 307 g/mol. The predicted molar refractivity (Wildman–Crippen MR) is 73.8 cm³/mol. The average molecular weight is 307 g/mol. The molecular weight excluding hydrogens is 282 g/mol. The van der Waals surface area contributed by atoms with E-state index in [0.717, 1.165) is 0 Å². The first-order chi connectivity index (χ1) is 9.70. The summed E-state index contributed by atoms with van der Waals surface area (Å²) in [7, 11) is 1.40. The van der Waals surface area contributed by atoms with Crippen LogP contribution in [0.2, 0.25) is 0 Å². The number of methoxy groups -OCH3 is 1. The number of hydrogen-bond donors (Lipinski definition) is 3. The Kier molecular flexibility index (Phi) is 8.91. The average Bonchev–Trinajstić information content (AvgIpc) is 2.37. The second kappa shape index (κ2) is 9.54. The normalized spacial score (nSPS) is 14.3. The van der Waals surface area contributed by atoms with E-state index in [2.05, 4.69) is 5.32 Å². The highest BCUT2D eigenvalue weighted by atomic mass is 16.7. The van der Waals surface area contributed by atoms with E-state index in [-0.39, 0.29) is 31.6 Å². The molecule has 0 aromatic heterocycles. The van der Waals surface area contributed by atoms with Gasteiger partial charge in [0.15, 0.2) is 6.29 Å². The number of ether oxygens (including phenoxy) is 3. The largest absolute Gasteiger partial charge is 0.481 e. The molecule has 0 aromatic carbocycles. The predicted octanol–water partition coefficient (Wildman–Crippen LogP) is 0.583. The van der Waals surface area contributed by atoms with Gasteiger partial charge in [0.1, 0.15) is 6.61 Å². The molecule has 0 rings (SSSR count). The third-order valence-corrected chi connectivity index (χ3v) is 2.67. The molecule has 21 heavy (non-hydrogen) atoms. The Bertz CT molecular complexity index is 327. The first kappa shape index (κ1) is 19.6. The molecule has 1 amide bonds. The van der Waals surface area contributed by atoms with Gasteiger partial charge in [0.05, 0.1) is 19.1 Å². The van der Waals surface area contributed by atoms with Crippen LogP contribution in [-0.4, -0.2) is 61.5 Å². The molecular formula is C13H25NO7. The van der Waals surface area contributed by atoms with Crippen molar-refractivity contribution >= 4 is 12.1 Å². The number of nitrogens with one attached hydrogen (secondary N) is 1. The van der Waals surface area contributed by atoms with Gasteiger partial charge in [-0.2, -0.15) is 0 Å². The lowest BCUT2D eigenvalue weighted by atomic mass is 9.89.